The first-order valence-electron chi connectivity index (χ1n) is 8.20. The smallest absolute Gasteiger partial charge is 0.193 e. The molecule has 1 aliphatic heterocycles. The molecule has 0 spiro atoms. The molecule has 0 aliphatic carbocycles. The molecule has 6 nitrogen and oxygen atoms in total. The third-order valence-corrected chi connectivity index (χ3v) is 3.96. The molecule has 6 heteroatoms. The third-order valence-electron chi connectivity index (χ3n) is 3.96. The van der Waals surface area contributed by atoms with Gasteiger partial charge in [-0.3, -0.25) is 4.99 Å². The van der Waals surface area contributed by atoms with E-state index in [1.54, 1.807) is 7.11 Å². The zero-order chi connectivity index (χ0) is 16.5. The largest absolute Gasteiger partial charge is 0.497 e. The summed E-state index contributed by atoms with van der Waals surface area (Å²) in [5.74, 6) is 1.85. The number of rotatable bonds is 6. The Morgan fingerprint density at radius 2 is 1.87 bits per heavy atom. The second-order valence-corrected chi connectivity index (χ2v) is 5.34. The molecular formula is C17H28N4O2. The van der Waals surface area contributed by atoms with Crippen molar-refractivity contribution in [2.75, 3.05) is 65.0 Å². The van der Waals surface area contributed by atoms with E-state index in [0.717, 1.165) is 51.0 Å². The highest BCUT2D eigenvalue weighted by Crippen LogP contribution is 2.20. The fourth-order valence-electron chi connectivity index (χ4n) is 2.68. The van der Waals surface area contributed by atoms with Crippen molar-refractivity contribution in [1.82, 2.24) is 10.2 Å². The van der Waals surface area contributed by atoms with Crippen molar-refractivity contribution >= 4 is 11.6 Å². The summed E-state index contributed by atoms with van der Waals surface area (Å²) in [6, 6.07) is 8.25. The van der Waals surface area contributed by atoms with Crippen LogP contribution in [0.1, 0.15) is 6.92 Å². The number of nitrogens with zero attached hydrogens (tertiary/aromatic N) is 3. The van der Waals surface area contributed by atoms with Gasteiger partial charge in [0.05, 0.1) is 13.7 Å². The van der Waals surface area contributed by atoms with Gasteiger partial charge in [-0.15, -0.1) is 0 Å². The summed E-state index contributed by atoms with van der Waals surface area (Å²) in [7, 11) is 3.52. The first-order chi connectivity index (χ1) is 11.3. The van der Waals surface area contributed by atoms with Crippen LogP contribution in [0.2, 0.25) is 0 Å². The second-order valence-electron chi connectivity index (χ2n) is 5.34. The molecule has 0 radical (unpaired) electrons. The van der Waals surface area contributed by atoms with Gasteiger partial charge in [0.1, 0.15) is 5.75 Å². The first kappa shape index (κ1) is 17.4. The Labute approximate surface area is 139 Å². The summed E-state index contributed by atoms with van der Waals surface area (Å²) in [6.07, 6.45) is 0. The zero-order valence-corrected chi connectivity index (χ0v) is 14.4. The predicted molar refractivity (Wildman–Crippen MR) is 94.6 cm³/mol. The number of hydrogen-bond acceptors (Lipinski definition) is 4. The number of benzene rings is 1. The Kier molecular flexibility index (Phi) is 7.00. The molecule has 128 valence electrons. The number of methoxy groups -OCH3 is 1. The Balaban J connectivity index is 1.81. The van der Waals surface area contributed by atoms with Crippen molar-refractivity contribution in [1.29, 1.82) is 0 Å². The van der Waals surface area contributed by atoms with Gasteiger partial charge in [0.2, 0.25) is 0 Å². The molecule has 0 aromatic heterocycles. The quantitative estimate of drug-likeness (QED) is 0.488. The van der Waals surface area contributed by atoms with Crippen LogP contribution in [0.25, 0.3) is 0 Å². The van der Waals surface area contributed by atoms with Gasteiger partial charge < -0.3 is 24.6 Å². The van der Waals surface area contributed by atoms with E-state index in [1.807, 2.05) is 26.1 Å². The van der Waals surface area contributed by atoms with Crippen LogP contribution in [-0.4, -0.2) is 71.0 Å². The zero-order valence-electron chi connectivity index (χ0n) is 14.4. The number of hydrogen-bond donors (Lipinski definition) is 1. The number of guanidine groups is 1. The van der Waals surface area contributed by atoms with Crippen molar-refractivity contribution < 1.29 is 9.47 Å². The van der Waals surface area contributed by atoms with Crippen molar-refractivity contribution in [3.63, 3.8) is 0 Å². The molecular weight excluding hydrogens is 292 g/mol. The van der Waals surface area contributed by atoms with E-state index in [2.05, 4.69) is 32.2 Å². The van der Waals surface area contributed by atoms with Gasteiger partial charge in [0.15, 0.2) is 5.96 Å². The van der Waals surface area contributed by atoms with E-state index >= 15 is 0 Å². The average molecular weight is 320 g/mol. The second kappa shape index (κ2) is 9.25. The summed E-state index contributed by atoms with van der Waals surface area (Å²) >= 11 is 0. The van der Waals surface area contributed by atoms with Crippen LogP contribution in [0.15, 0.2) is 29.3 Å². The van der Waals surface area contributed by atoms with E-state index in [1.165, 1.54) is 5.69 Å². The van der Waals surface area contributed by atoms with Crippen molar-refractivity contribution in [3.05, 3.63) is 24.3 Å². The topological polar surface area (TPSA) is 49.3 Å². The van der Waals surface area contributed by atoms with Gasteiger partial charge in [0, 0.05) is 52.1 Å². The van der Waals surface area contributed by atoms with Crippen molar-refractivity contribution in [2.45, 2.75) is 6.92 Å². The molecule has 2 rings (SSSR count). The van der Waals surface area contributed by atoms with Crippen LogP contribution >= 0.6 is 0 Å². The van der Waals surface area contributed by atoms with Crippen LogP contribution in [0.5, 0.6) is 5.75 Å². The average Bonchev–Trinajstić information content (AvgIpc) is 2.62. The van der Waals surface area contributed by atoms with Gasteiger partial charge >= 0.3 is 0 Å². The summed E-state index contributed by atoms with van der Waals surface area (Å²) < 4.78 is 10.6. The van der Waals surface area contributed by atoms with Crippen molar-refractivity contribution in [2.24, 2.45) is 4.99 Å². The Hall–Kier alpha value is -1.95. The maximum absolute atomic E-state index is 5.36. The molecule has 1 N–H and O–H groups in total. The molecule has 1 aromatic rings. The van der Waals surface area contributed by atoms with Crippen LogP contribution in [0.3, 0.4) is 0 Å². The molecule has 0 bridgehead atoms. The Bertz CT molecular complexity index is 482. The fraction of sp³-hybridized carbons (Fsp3) is 0.588. The van der Waals surface area contributed by atoms with Crippen molar-refractivity contribution in [3.8, 4) is 5.75 Å². The molecule has 1 aliphatic rings. The van der Waals surface area contributed by atoms with Gasteiger partial charge in [-0.2, -0.15) is 0 Å². The predicted octanol–water partition coefficient (Wildman–Crippen LogP) is 1.43. The van der Waals surface area contributed by atoms with E-state index in [4.69, 9.17) is 9.47 Å². The summed E-state index contributed by atoms with van der Waals surface area (Å²) in [5.41, 5.74) is 1.24. The minimum atomic E-state index is 0.710. The Morgan fingerprint density at radius 1 is 1.17 bits per heavy atom. The van der Waals surface area contributed by atoms with Gasteiger partial charge in [-0.25, -0.2) is 0 Å². The highest BCUT2D eigenvalue weighted by atomic mass is 16.5. The fourth-order valence-corrected chi connectivity index (χ4v) is 2.68. The van der Waals surface area contributed by atoms with E-state index < -0.39 is 0 Å². The van der Waals surface area contributed by atoms with E-state index in [-0.39, 0.29) is 0 Å². The van der Waals surface area contributed by atoms with Gasteiger partial charge in [-0.1, -0.05) is 0 Å². The number of nitrogens with one attached hydrogen (secondary N) is 1. The monoisotopic (exact) mass is 320 g/mol. The van der Waals surface area contributed by atoms with E-state index in [9.17, 15) is 0 Å². The van der Waals surface area contributed by atoms with E-state index in [0.29, 0.717) is 6.61 Å². The summed E-state index contributed by atoms with van der Waals surface area (Å²) in [6.45, 7) is 8.15. The number of piperazine rings is 1. The SMILES string of the molecule is CCOCCNC(=NC)N1CCN(c2ccc(OC)cc2)CC1. The molecule has 0 amide bonds. The Morgan fingerprint density at radius 3 is 2.43 bits per heavy atom. The molecule has 1 heterocycles. The van der Waals surface area contributed by atoms with Gasteiger partial charge in [0.25, 0.3) is 0 Å². The number of aliphatic imine (C=N–C) groups is 1. The van der Waals surface area contributed by atoms with Crippen LogP contribution in [-0.2, 0) is 4.74 Å². The third kappa shape index (κ3) is 5.03. The maximum Gasteiger partial charge on any atom is 0.193 e. The summed E-state index contributed by atoms with van der Waals surface area (Å²) in [4.78, 5) is 9.06. The van der Waals surface area contributed by atoms with Crippen LogP contribution < -0.4 is 15.0 Å². The summed E-state index contributed by atoms with van der Waals surface area (Å²) in [5, 5.41) is 3.36. The minimum absolute atomic E-state index is 0.710. The number of ether oxygens (including phenoxy) is 2. The number of anilines is 1. The van der Waals surface area contributed by atoms with Gasteiger partial charge in [-0.05, 0) is 31.2 Å². The standard InChI is InChI=1S/C17H28N4O2/c1-4-23-14-9-19-17(18-2)21-12-10-20(11-13-21)15-5-7-16(22-3)8-6-15/h5-8H,4,9-14H2,1-3H3,(H,18,19). The molecule has 0 atom stereocenters. The molecule has 1 saturated heterocycles. The lowest BCUT2D eigenvalue weighted by molar-refractivity contribution is 0.151. The first-order valence-corrected chi connectivity index (χ1v) is 8.20. The molecule has 0 unspecified atom stereocenters. The lowest BCUT2D eigenvalue weighted by Crippen LogP contribution is -2.53. The minimum Gasteiger partial charge on any atom is -0.497 e. The maximum atomic E-state index is 5.36. The highest BCUT2D eigenvalue weighted by Gasteiger charge is 2.19. The molecule has 1 aromatic carbocycles. The molecule has 0 saturated carbocycles. The highest BCUT2D eigenvalue weighted by molar-refractivity contribution is 5.80. The van der Waals surface area contributed by atoms with Crippen LogP contribution in [0, 0.1) is 0 Å². The lowest BCUT2D eigenvalue weighted by atomic mass is 10.2. The lowest BCUT2D eigenvalue weighted by Gasteiger charge is -2.37. The van der Waals surface area contributed by atoms with Crippen LogP contribution in [0.4, 0.5) is 5.69 Å². The normalized spacial score (nSPS) is 15.7. The molecule has 23 heavy (non-hydrogen) atoms. The molecule has 1 fully saturated rings.